The molecule has 0 spiro atoms. The maximum absolute atomic E-state index is 14.0. The second kappa shape index (κ2) is 8.95. The van der Waals surface area contributed by atoms with Gasteiger partial charge >= 0.3 is 6.03 Å². The van der Waals surface area contributed by atoms with E-state index in [2.05, 4.69) is 9.97 Å². The number of halogens is 1. The van der Waals surface area contributed by atoms with Gasteiger partial charge in [-0.15, -0.1) is 0 Å². The van der Waals surface area contributed by atoms with Crippen molar-refractivity contribution in [3.05, 3.63) is 48.2 Å². The summed E-state index contributed by atoms with van der Waals surface area (Å²) in [5.74, 6) is -0.517. The number of nitrogens with zero attached hydrogens (tertiary/aromatic N) is 6. The lowest BCUT2D eigenvalue weighted by Gasteiger charge is -2.33. The molecule has 1 atom stereocenters. The number of hydrogen-bond donors (Lipinski definition) is 0. The molecule has 2 fully saturated rings. The van der Waals surface area contributed by atoms with Crippen LogP contribution < -0.4 is 9.64 Å². The molecule has 2 aliphatic heterocycles. The van der Waals surface area contributed by atoms with Crippen LogP contribution in [0.4, 0.5) is 14.9 Å². The first kappa shape index (κ1) is 20.5. The molecule has 160 valence electrons. The Morgan fingerprint density at radius 3 is 2.84 bits per heavy atom. The minimum absolute atomic E-state index is 0.0783. The standard InChI is InChI=1S/C21H21FN6O3/c22-16-5-1-2-6-18(16)28-11-10-27(21(28)30)14-19(29)26-9-3-4-15(13-26)31-20-17(12-23)24-7-8-25-20/h1-2,5-8,15H,3-4,9-11,13-14H2. The molecule has 1 aromatic carbocycles. The maximum atomic E-state index is 14.0. The summed E-state index contributed by atoms with van der Waals surface area (Å²) in [5, 5.41) is 9.13. The highest BCUT2D eigenvalue weighted by atomic mass is 19.1. The molecule has 1 unspecified atom stereocenters. The van der Waals surface area contributed by atoms with Gasteiger partial charge in [0.25, 0.3) is 5.88 Å². The number of urea groups is 1. The summed E-state index contributed by atoms with van der Waals surface area (Å²) in [6.45, 7) is 1.48. The zero-order valence-corrected chi connectivity index (χ0v) is 16.8. The monoisotopic (exact) mass is 424 g/mol. The second-order valence-electron chi connectivity index (χ2n) is 7.35. The van der Waals surface area contributed by atoms with Gasteiger partial charge < -0.3 is 14.5 Å². The zero-order valence-electron chi connectivity index (χ0n) is 16.8. The van der Waals surface area contributed by atoms with Crippen LogP contribution >= 0.6 is 0 Å². The van der Waals surface area contributed by atoms with Gasteiger partial charge in [-0.1, -0.05) is 12.1 Å². The molecular weight excluding hydrogens is 403 g/mol. The summed E-state index contributed by atoms with van der Waals surface area (Å²) >= 11 is 0. The van der Waals surface area contributed by atoms with Crippen LogP contribution in [0.5, 0.6) is 5.88 Å². The van der Waals surface area contributed by atoms with Crippen molar-refractivity contribution in [3.8, 4) is 11.9 Å². The number of likely N-dealkylation sites (tertiary alicyclic amines) is 1. The van der Waals surface area contributed by atoms with E-state index in [9.17, 15) is 14.0 Å². The SMILES string of the molecule is N#Cc1nccnc1OC1CCCN(C(=O)CN2CCN(c3ccccc3F)C2=O)C1. The Kier molecular flexibility index (Phi) is 5.93. The first-order chi connectivity index (χ1) is 15.1. The smallest absolute Gasteiger partial charge is 0.325 e. The highest BCUT2D eigenvalue weighted by Gasteiger charge is 2.34. The molecule has 1 aromatic heterocycles. The van der Waals surface area contributed by atoms with E-state index in [1.165, 1.54) is 28.3 Å². The Hall–Kier alpha value is -3.74. The highest BCUT2D eigenvalue weighted by Crippen LogP contribution is 2.24. The summed E-state index contributed by atoms with van der Waals surface area (Å²) in [4.78, 5) is 37.9. The topological polar surface area (TPSA) is 103 Å². The molecule has 0 saturated carbocycles. The molecule has 0 radical (unpaired) electrons. The van der Waals surface area contributed by atoms with E-state index >= 15 is 0 Å². The third-order valence-electron chi connectivity index (χ3n) is 5.34. The number of rotatable bonds is 5. The molecule has 9 nitrogen and oxygen atoms in total. The Morgan fingerprint density at radius 2 is 2.03 bits per heavy atom. The number of ether oxygens (including phenoxy) is 1. The van der Waals surface area contributed by atoms with E-state index in [1.807, 2.05) is 6.07 Å². The van der Waals surface area contributed by atoms with Gasteiger partial charge in [0.15, 0.2) is 0 Å². The van der Waals surface area contributed by atoms with Crippen molar-refractivity contribution in [2.45, 2.75) is 18.9 Å². The van der Waals surface area contributed by atoms with E-state index in [0.717, 1.165) is 12.8 Å². The van der Waals surface area contributed by atoms with Crippen LogP contribution in [0.2, 0.25) is 0 Å². The predicted octanol–water partition coefficient (Wildman–Crippen LogP) is 1.80. The van der Waals surface area contributed by atoms with Gasteiger partial charge in [0.1, 0.15) is 24.5 Å². The van der Waals surface area contributed by atoms with Crippen LogP contribution in [0.1, 0.15) is 18.5 Å². The van der Waals surface area contributed by atoms with E-state index in [1.54, 1.807) is 23.1 Å². The van der Waals surface area contributed by atoms with Crippen LogP contribution in [-0.4, -0.2) is 70.5 Å². The average molecular weight is 424 g/mol. The van der Waals surface area contributed by atoms with Crippen molar-refractivity contribution >= 4 is 17.6 Å². The number of para-hydroxylation sites is 1. The Balaban J connectivity index is 1.36. The minimum atomic E-state index is -0.471. The fourth-order valence-corrected chi connectivity index (χ4v) is 3.79. The van der Waals surface area contributed by atoms with Gasteiger partial charge in [0, 0.05) is 32.0 Å². The van der Waals surface area contributed by atoms with Crippen LogP contribution in [0, 0.1) is 17.1 Å². The molecule has 2 saturated heterocycles. The molecule has 4 rings (SSSR count). The lowest BCUT2D eigenvalue weighted by Crippen LogP contribution is -2.48. The quantitative estimate of drug-likeness (QED) is 0.725. The molecule has 3 heterocycles. The van der Waals surface area contributed by atoms with E-state index in [-0.39, 0.29) is 41.8 Å². The Labute approximate surface area is 178 Å². The first-order valence-corrected chi connectivity index (χ1v) is 10.0. The summed E-state index contributed by atoms with van der Waals surface area (Å²) in [5.41, 5.74) is 0.313. The van der Waals surface area contributed by atoms with Gasteiger partial charge in [-0.2, -0.15) is 5.26 Å². The first-order valence-electron chi connectivity index (χ1n) is 10.0. The maximum Gasteiger partial charge on any atom is 0.325 e. The fraction of sp³-hybridized carbons (Fsp3) is 0.381. The van der Waals surface area contributed by atoms with Gasteiger partial charge in [-0.05, 0) is 25.0 Å². The van der Waals surface area contributed by atoms with Gasteiger partial charge in [-0.25, -0.2) is 19.2 Å². The van der Waals surface area contributed by atoms with Crippen molar-refractivity contribution < 1.29 is 18.7 Å². The van der Waals surface area contributed by atoms with Crippen LogP contribution in [0.25, 0.3) is 0 Å². The zero-order chi connectivity index (χ0) is 21.8. The number of aromatic nitrogens is 2. The Morgan fingerprint density at radius 1 is 1.23 bits per heavy atom. The Bertz CT molecular complexity index is 1030. The third-order valence-corrected chi connectivity index (χ3v) is 5.34. The number of nitriles is 1. The van der Waals surface area contributed by atoms with Gasteiger partial charge in [0.2, 0.25) is 11.6 Å². The molecule has 31 heavy (non-hydrogen) atoms. The number of anilines is 1. The van der Waals surface area contributed by atoms with Crippen LogP contribution in [-0.2, 0) is 4.79 Å². The largest absolute Gasteiger partial charge is 0.470 e. The van der Waals surface area contributed by atoms with E-state index < -0.39 is 5.82 Å². The number of piperidine rings is 1. The number of carbonyl (C=O) groups excluding carboxylic acids is 2. The number of carbonyl (C=O) groups is 2. The summed E-state index contributed by atoms with van der Waals surface area (Å²) < 4.78 is 19.9. The van der Waals surface area contributed by atoms with Crippen LogP contribution in [0.3, 0.4) is 0 Å². The average Bonchev–Trinajstić information content (AvgIpc) is 3.14. The molecule has 10 heteroatoms. The van der Waals surface area contributed by atoms with Crippen molar-refractivity contribution in [1.29, 1.82) is 5.26 Å². The predicted molar refractivity (Wildman–Crippen MR) is 108 cm³/mol. The molecule has 3 amide bonds. The minimum Gasteiger partial charge on any atom is -0.470 e. The number of benzene rings is 1. The molecule has 0 bridgehead atoms. The normalized spacial score (nSPS) is 18.8. The molecular formula is C21H21FN6O3. The highest BCUT2D eigenvalue weighted by molar-refractivity contribution is 5.96. The number of amides is 3. The summed E-state index contributed by atoms with van der Waals surface area (Å²) in [7, 11) is 0. The van der Waals surface area contributed by atoms with Crippen LogP contribution in [0.15, 0.2) is 36.7 Å². The van der Waals surface area contributed by atoms with Crippen molar-refractivity contribution in [2.75, 3.05) is 37.6 Å². The van der Waals surface area contributed by atoms with Gasteiger partial charge in [0.05, 0.1) is 12.2 Å². The van der Waals surface area contributed by atoms with Crippen molar-refractivity contribution in [1.82, 2.24) is 19.8 Å². The van der Waals surface area contributed by atoms with Crippen molar-refractivity contribution in [2.24, 2.45) is 0 Å². The third kappa shape index (κ3) is 4.40. The summed E-state index contributed by atoms with van der Waals surface area (Å²) in [6.07, 6.45) is 4.00. The van der Waals surface area contributed by atoms with E-state index in [4.69, 9.17) is 10.00 Å². The van der Waals surface area contributed by atoms with E-state index in [0.29, 0.717) is 26.2 Å². The molecule has 0 aliphatic carbocycles. The van der Waals surface area contributed by atoms with Gasteiger partial charge in [-0.3, -0.25) is 9.69 Å². The summed E-state index contributed by atoms with van der Waals surface area (Å²) in [6, 6.07) is 7.64. The molecule has 2 aliphatic rings. The molecule has 2 aromatic rings. The number of hydrogen-bond acceptors (Lipinski definition) is 6. The lowest BCUT2D eigenvalue weighted by atomic mass is 10.1. The second-order valence-corrected chi connectivity index (χ2v) is 7.35. The van der Waals surface area contributed by atoms with Crippen molar-refractivity contribution in [3.63, 3.8) is 0 Å². The molecule has 0 N–H and O–H groups in total. The lowest BCUT2D eigenvalue weighted by molar-refractivity contribution is -0.134. The fourth-order valence-electron chi connectivity index (χ4n) is 3.79.